The van der Waals surface area contributed by atoms with Crippen molar-refractivity contribution in [2.75, 3.05) is 0 Å². The molecule has 34 heavy (non-hydrogen) atoms. The van der Waals surface area contributed by atoms with Gasteiger partial charge in [0.2, 0.25) is 0 Å². The molecule has 4 nitrogen and oxygen atoms in total. The van der Waals surface area contributed by atoms with Gasteiger partial charge in [-0.2, -0.15) is 0 Å². The summed E-state index contributed by atoms with van der Waals surface area (Å²) in [6.45, 7) is 12.7. The lowest BCUT2D eigenvalue weighted by Crippen LogP contribution is -2.56. The van der Waals surface area contributed by atoms with Gasteiger partial charge in [0.25, 0.3) is 5.91 Å². The maximum absolute atomic E-state index is 13.7. The van der Waals surface area contributed by atoms with E-state index < -0.39 is 5.54 Å². The van der Waals surface area contributed by atoms with Gasteiger partial charge in [-0.15, -0.1) is 0 Å². The van der Waals surface area contributed by atoms with E-state index in [-0.39, 0.29) is 35.2 Å². The Hall–Kier alpha value is -2.62. The van der Waals surface area contributed by atoms with Crippen molar-refractivity contribution in [3.63, 3.8) is 0 Å². The molecule has 0 bridgehead atoms. The number of benzene rings is 2. The first-order valence-electron chi connectivity index (χ1n) is 12.7. The van der Waals surface area contributed by atoms with Crippen molar-refractivity contribution in [2.45, 2.75) is 84.3 Å². The minimum absolute atomic E-state index is 0.131. The average Bonchev–Trinajstić information content (AvgIpc) is 2.79. The number of amides is 1. The number of carbonyl (C=O) groups excluding carboxylic acids is 2. The summed E-state index contributed by atoms with van der Waals surface area (Å²) in [5, 5.41) is 3.01. The van der Waals surface area contributed by atoms with Crippen LogP contribution in [-0.2, 0) is 14.9 Å². The summed E-state index contributed by atoms with van der Waals surface area (Å²) in [7, 11) is 0. The molecule has 0 aromatic heterocycles. The Morgan fingerprint density at radius 3 is 2.15 bits per heavy atom. The van der Waals surface area contributed by atoms with Gasteiger partial charge in [-0.25, -0.2) is 4.79 Å². The molecule has 1 fully saturated rings. The molecular formula is C30H41NO3. The second kappa shape index (κ2) is 10.8. The molecule has 4 heteroatoms. The highest BCUT2D eigenvalue weighted by atomic mass is 16.5. The largest absolute Gasteiger partial charge is 0.460 e. The van der Waals surface area contributed by atoms with Crippen LogP contribution >= 0.6 is 0 Å². The van der Waals surface area contributed by atoms with Crippen molar-refractivity contribution >= 4 is 11.9 Å². The quantitative estimate of drug-likeness (QED) is 0.452. The first kappa shape index (κ1) is 26.0. The second-order valence-corrected chi connectivity index (χ2v) is 11.3. The predicted molar refractivity (Wildman–Crippen MR) is 138 cm³/mol. The Bertz CT molecular complexity index is 954. The molecule has 0 spiro atoms. The van der Waals surface area contributed by atoms with E-state index in [9.17, 15) is 9.59 Å². The molecule has 4 atom stereocenters. The van der Waals surface area contributed by atoms with Crippen molar-refractivity contribution < 1.29 is 14.3 Å². The summed E-state index contributed by atoms with van der Waals surface area (Å²) >= 11 is 0. The normalized spacial score (nSPS) is 22.6. The lowest BCUT2D eigenvalue weighted by atomic mass is 9.64. The zero-order valence-corrected chi connectivity index (χ0v) is 21.6. The van der Waals surface area contributed by atoms with E-state index in [1.54, 1.807) is 19.1 Å². The zero-order valence-electron chi connectivity index (χ0n) is 21.6. The van der Waals surface area contributed by atoms with Crippen LogP contribution in [0.25, 0.3) is 0 Å². The molecular weight excluding hydrogens is 422 g/mol. The average molecular weight is 464 g/mol. The van der Waals surface area contributed by atoms with Gasteiger partial charge in [0, 0.05) is 11.5 Å². The van der Waals surface area contributed by atoms with Gasteiger partial charge in [0.1, 0.15) is 11.6 Å². The van der Waals surface area contributed by atoms with Crippen molar-refractivity contribution in [3.8, 4) is 0 Å². The topological polar surface area (TPSA) is 55.4 Å². The Balaban J connectivity index is 1.84. The molecule has 0 saturated heterocycles. The minimum atomic E-state index is -1.09. The fraction of sp³-hybridized carbons (Fsp3) is 0.533. The SMILES string of the molecule is CC(C)C[C@@](C)(NC(=O)c1ccccc1)C(=O)O[C@@H]1C[C@H](C)CC[C@H]1C(C)(C)c1ccccc1. The molecule has 3 rings (SSSR count). The van der Waals surface area contributed by atoms with E-state index >= 15 is 0 Å². The van der Waals surface area contributed by atoms with Gasteiger partial charge in [-0.1, -0.05) is 89.6 Å². The Labute approximate surface area is 205 Å². The fourth-order valence-electron chi connectivity index (χ4n) is 5.55. The van der Waals surface area contributed by atoms with Crippen LogP contribution < -0.4 is 5.32 Å². The second-order valence-electron chi connectivity index (χ2n) is 11.3. The molecule has 2 aromatic carbocycles. The summed E-state index contributed by atoms with van der Waals surface area (Å²) in [4.78, 5) is 26.7. The number of hydrogen-bond acceptors (Lipinski definition) is 3. The monoisotopic (exact) mass is 463 g/mol. The maximum Gasteiger partial charge on any atom is 0.331 e. The van der Waals surface area contributed by atoms with Crippen molar-refractivity contribution in [2.24, 2.45) is 17.8 Å². The van der Waals surface area contributed by atoms with Gasteiger partial charge in [0.15, 0.2) is 0 Å². The van der Waals surface area contributed by atoms with E-state index in [2.05, 4.69) is 64.2 Å². The highest BCUT2D eigenvalue weighted by Crippen LogP contribution is 2.44. The fourth-order valence-corrected chi connectivity index (χ4v) is 5.55. The van der Waals surface area contributed by atoms with Crippen molar-refractivity contribution in [3.05, 3.63) is 71.8 Å². The van der Waals surface area contributed by atoms with Crippen LogP contribution in [0.5, 0.6) is 0 Å². The summed E-state index contributed by atoms with van der Waals surface area (Å²) in [6.07, 6.45) is 3.31. The van der Waals surface area contributed by atoms with Gasteiger partial charge in [-0.3, -0.25) is 4.79 Å². The van der Waals surface area contributed by atoms with Gasteiger partial charge in [-0.05, 0) is 61.1 Å². The van der Waals surface area contributed by atoms with E-state index in [0.717, 1.165) is 19.3 Å². The van der Waals surface area contributed by atoms with Crippen LogP contribution in [0, 0.1) is 17.8 Å². The number of carbonyl (C=O) groups is 2. The maximum atomic E-state index is 13.7. The van der Waals surface area contributed by atoms with E-state index in [4.69, 9.17) is 4.74 Å². The van der Waals surface area contributed by atoms with Gasteiger partial charge >= 0.3 is 5.97 Å². The van der Waals surface area contributed by atoms with Crippen LogP contribution in [0.4, 0.5) is 0 Å². The highest BCUT2D eigenvalue weighted by molar-refractivity contribution is 5.98. The smallest absolute Gasteiger partial charge is 0.331 e. The third-order valence-corrected chi connectivity index (χ3v) is 7.45. The van der Waals surface area contributed by atoms with Crippen LogP contribution in [-0.4, -0.2) is 23.5 Å². The third-order valence-electron chi connectivity index (χ3n) is 7.45. The lowest BCUT2D eigenvalue weighted by molar-refractivity contribution is -0.164. The molecule has 1 saturated carbocycles. The standard InChI is InChI=1S/C30H41NO3/c1-21(2)20-30(6,31-27(32)23-13-9-7-10-14-23)28(33)34-26-19-22(3)17-18-25(26)29(4,5)24-15-11-8-12-16-24/h7-16,21-22,25-26H,17-20H2,1-6H3,(H,31,32)/t22-,25-,26-,30-/m1/s1. The van der Waals surface area contributed by atoms with Gasteiger partial charge in [0.05, 0.1) is 0 Å². The lowest BCUT2D eigenvalue weighted by Gasteiger charge is -2.45. The molecule has 0 aliphatic heterocycles. The number of ether oxygens (including phenoxy) is 1. The molecule has 0 radical (unpaired) electrons. The van der Waals surface area contributed by atoms with Crippen LogP contribution in [0.15, 0.2) is 60.7 Å². The van der Waals surface area contributed by atoms with Gasteiger partial charge < -0.3 is 10.1 Å². The van der Waals surface area contributed by atoms with E-state index in [1.165, 1.54) is 5.56 Å². The highest BCUT2D eigenvalue weighted by Gasteiger charge is 2.45. The summed E-state index contributed by atoms with van der Waals surface area (Å²) < 4.78 is 6.33. The first-order valence-corrected chi connectivity index (χ1v) is 12.7. The Morgan fingerprint density at radius 1 is 0.971 bits per heavy atom. The molecule has 2 aromatic rings. The van der Waals surface area contributed by atoms with Crippen LogP contribution in [0.3, 0.4) is 0 Å². The summed E-state index contributed by atoms with van der Waals surface area (Å²) in [5.41, 5.74) is 0.578. The van der Waals surface area contributed by atoms with Crippen LogP contribution in [0.1, 0.15) is 83.1 Å². The van der Waals surface area contributed by atoms with Crippen molar-refractivity contribution in [1.82, 2.24) is 5.32 Å². The summed E-state index contributed by atoms with van der Waals surface area (Å²) in [6, 6.07) is 19.6. The molecule has 0 unspecified atom stereocenters. The molecule has 1 aliphatic rings. The number of nitrogens with one attached hydrogen (secondary N) is 1. The number of esters is 1. The van der Waals surface area contributed by atoms with E-state index in [1.807, 2.05) is 24.3 Å². The molecule has 184 valence electrons. The predicted octanol–water partition coefficient (Wildman–Crippen LogP) is 6.55. The first-order chi connectivity index (χ1) is 16.0. The summed E-state index contributed by atoms with van der Waals surface area (Å²) in [5.74, 6) is 0.340. The molecule has 1 amide bonds. The molecule has 0 heterocycles. The van der Waals surface area contributed by atoms with Crippen LogP contribution in [0.2, 0.25) is 0 Å². The third kappa shape index (κ3) is 6.08. The Morgan fingerprint density at radius 2 is 1.56 bits per heavy atom. The molecule has 1 aliphatic carbocycles. The zero-order chi connectivity index (χ0) is 24.9. The van der Waals surface area contributed by atoms with Crippen molar-refractivity contribution in [1.29, 1.82) is 0 Å². The number of hydrogen-bond donors (Lipinski definition) is 1. The van der Waals surface area contributed by atoms with E-state index in [0.29, 0.717) is 17.9 Å². The minimum Gasteiger partial charge on any atom is -0.460 e. The number of rotatable bonds is 8. The molecule has 1 N–H and O–H groups in total. The Kier molecular flexibility index (Phi) is 8.22.